The monoisotopic (exact) mass is 323 g/mol. The molecule has 0 atom stereocenters. The Labute approximate surface area is 136 Å². The van der Waals surface area contributed by atoms with Gasteiger partial charge in [0.2, 0.25) is 0 Å². The van der Waals surface area contributed by atoms with Crippen LogP contribution in [0.1, 0.15) is 29.2 Å². The molecule has 0 radical (unpaired) electrons. The Bertz CT molecular complexity index is 580. The van der Waals surface area contributed by atoms with Gasteiger partial charge in [-0.15, -0.1) is 11.3 Å². The molecular formula is C17H22ClNOS. The van der Waals surface area contributed by atoms with Gasteiger partial charge < -0.3 is 10.1 Å². The average molecular weight is 324 g/mol. The molecule has 0 saturated carbocycles. The number of nitrogens with one attached hydrogen (secondary N) is 1. The highest BCUT2D eigenvalue weighted by Gasteiger charge is 2.07. The fourth-order valence-corrected chi connectivity index (χ4v) is 3.23. The summed E-state index contributed by atoms with van der Waals surface area (Å²) >= 11 is 7.93. The molecule has 0 aliphatic heterocycles. The molecule has 0 aliphatic carbocycles. The fraction of sp³-hybridized carbons (Fsp3) is 0.412. The number of halogens is 1. The van der Waals surface area contributed by atoms with Gasteiger partial charge >= 0.3 is 0 Å². The SMILES string of the molecule is Cc1sc(CNCC(C)C)cc1COc1ccccc1Cl. The zero-order valence-corrected chi connectivity index (χ0v) is 14.4. The second kappa shape index (κ2) is 7.83. The molecule has 0 unspecified atom stereocenters. The van der Waals surface area contributed by atoms with E-state index in [0.717, 1.165) is 18.8 Å². The Morgan fingerprint density at radius 1 is 1.29 bits per heavy atom. The number of aryl methyl sites for hydroxylation is 1. The number of rotatable bonds is 7. The van der Waals surface area contributed by atoms with Gasteiger partial charge in [-0.2, -0.15) is 0 Å². The summed E-state index contributed by atoms with van der Waals surface area (Å²) < 4.78 is 5.81. The third kappa shape index (κ3) is 5.03. The summed E-state index contributed by atoms with van der Waals surface area (Å²) in [7, 11) is 0. The highest BCUT2D eigenvalue weighted by molar-refractivity contribution is 7.12. The van der Waals surface area contributed by atoms with Crippen molar-refractivity contribution in [1.82, 2.24) is 5.32 Å². The summed E-state index contributed by atoms with van der Waals surface area (Å²) in [5.74, 6) is 1.42. The molecular weight excluding hydrogens is 302 g/mol. The van der Waals surface area contributed by atoms with Gasteiger partial charge in [0, 0.05) is 21.9 Å². The molecule has 1 heterocycles. The lowest BCUT2D eigenvalue weighted by Crippen LogP contribution is -2.18. The largest absolute Gasteiger partial charge is 0.487 e. The van der Waals surface area contributed by atoms with E-state index in [1.807, 2.05) is 35.6 Å². The second-order valence-corrected chi connectivity index (χ2v) is 7.29. The molecule has 0 amide bonds. The molecule has 4 heteroatoms. The van der Waals surface area contributed by atoms with E-state index in [1.54, 1.807) is 0 Å². The van der Waals surface area contributed by atoms with E-state index in [-0.39, 0.29) is 0 Å². The minimum Gasteiger partial charge on any atom is -0.487 e. The highest BCUT2D eigenvalue weighted by atomic mass is 35.5. The predicted octanol–water partition coefficient (Wildman–Crippen LogP) is 5.03. The first-order chi connectivity index (χ1) is 10.1. The van der Waals surface area contributed by atoms with Gasteiger partial charge in [-0.25, -0.2) is 0 Å². The number of thiophene rings is 1. The first-order valence-electron chi connectivity index (χ1n) is 7.22. The molecule has 2 nitrogen and oxygen atoms in total. The summed E-state index contributed by atoms with van der Waals surface area (Å²) in [6.45, 7) is 9.11. The Kier molecular flexibility index (Phi) is 6.09. The number of benzene rings is 1. The zero-order chi connectivity index (χ0) is 15.2. The average Bonchev–Trinajstić information content (AvgIpc) is 2.78. The van der Waals surface area contributed by atoms with Crippen LogP contribution in [-0.4, -0.2) is 6.54 Å². The lowest BCUT2D eigenvalue weighted by molar-refractivity contribution is 0.306. The number of hydrogen-bond acceptors (Lipinski definition) is 3. The van der Waals surface area contributed by atoms with Gasteiger partial charge in [-0.05, 0) is 37.6 Å². The summed E-state index contributed by atoms with van der Waals surface area (Å²) in [4.78, 5) is 2.66. The maximum atomic E-state index is 6.10. The minimum absolute atomic E-state index is 0.566. The van der Waals surface area contributed by atoms with E-state index in [2.05, 4.69) is 32.2 Å². The molecule has 2 rings (SSSR count). The van der Waals surface area contributed by atoms with Crippen molar-refractivity contribution >= 4 is 22.9 Å². The van der Waals surface area contributed by atoms with Crippen LogP contribution in [0.3, 0.4) is 0 Å². The van der Waals surface area contributed by atoms with Crippen LogP contribution in [0.4, 0.5) is 0 Å². The van der Waals surface area contributed by atoms with Crippen LogP contribution in [0.2, 0.25) is 5.02 Å². The molecule has 1 aromatic heterocycles. The lowest BCUT2D eigenvalue weighted by Gasteiger charge is -2.07. The molecule has 114 valence electrons. The molecule has 1 aromatic carbocycles. The smallest absolute Gasteiger partial charge is 0.138 e. The molecule has 0 saturated heterocycles. The van der Waals surface area contributed by atoms with E-state index in [9.17, 15) is 0 Å². The minimum atomic E-state index is 0.566. The van der Waals surface area contributed by atoms with Crippen LogP contribution >= 0.6 is 22.9 Å². The first-order valence-corrected chi connectivity index (χ1v) is 8.42. The van der Waals surface area contributed by atoms with Gasteiger partial charge in [-0.3, -0.25) is 0 Å². The number of ether oxygens (including phenoxy) is 1. The Morgan fingerprint density at radius 2 is 2.05 bits per heavy atom. The van der Waals surface area contributed by atoms with E-state index in [0.29, 0.717) is 17.5 Å². The molecule has 0 spiro atoms. The van der Waals surface area contributed by atoms with Crippen molar-refractivity contribution in [3.63, 3.8) is 0 Å². The van der Waals surface area contributed by atoms with Crippen molar-refractivity contribution in [2.45, 2.75) is 33.9 Å². The maximum absolute atomic E-state index is 6.10. The predicted molar refractivity (Wildman–Crippen MR) is 91.4 cm³/mol. The summed E-state index contributed by atoms with van der Waals surface area (Å²) in [5, 5.41) is 4.13. The second-order valence-electron chi connectivity index (χ2n) is 5.54. The Morgan fingerprint density at radius 3 is 2.76 bits per heavy atom. The van der Waals surface area contributed by atoms with Crippen molar-refractivity contribution in [2.75, 3.05) is 6.54 Å². The molecule has 0 aliphatic rings. The summed E-state index contributed by atoms with van der Waals surface area (Å²) in [6, 6.07) is 9.81. The van der Waals surface area contributed by atoms with Crippen LogP contribution < -0.4 is 10.1 Å². The Hall–Kier alpha value is -1.03. The quantitative estimate of drug-likeness (QED) is 0.771. The maximum Gasteiger partial charge on any atom is 0.138 e. The molecule has 2 aromatic rings. The van der Waals surface area contributed by atoms with Crippen LogP contribution in [0.25, 0.3) is 0 Å². The van der Waals surface area contributed by atoms with Gasteiger partial charge in [0.25, 0.3) is 0 Å². The van der Waals surface area contributed by atoms with Gasteiger partial charge in [0.1, 0.15) is 12.4 Å². The van der Waals surface area contributed by atoms with Crippen molar-refractivity contribution in [2.24, 2.45) is 5.92 Å². The third-order valence-electron chi connectivity index (χ3n) is 3.14. The Balaban J connectivity index is 1.92. The number of para-hydroxylation sites is 1. The van der Waals surface area contributed by atoms with Crippen molar-refractivity contribution < 1.29 is 4.74 Å². The van der Waals surface area contributed by atoms with Crippen LogP contribution in [0, 0.1) is 12.8 Å². The van der Waals surface area contributed by atoms with Gasteiger partial charge in [-0.1, -0.05) is 37.6 Å². The van der Waals surface area contributed by atoms with E-state index >= 15 is 0 Å². The normalized spacial score (nSPS) is 11.1. The van der Waals surface area contributed by atoms with Crippen molar-refractivity contribution in [3.8, 4) is 5.75 Å². The van der Waals surface area contributed by atoms with Gasteiger partial charge in [0.15, 0.2) is 0 Å². The highest BCUT2D eigenvalue weighted by Crippen LogP contribution is 2.27. The lowest BCUT2D eigenvalue weighted by atomic mass is 10.2. The molecule has 1 N–H and O–H groups in total. The van der Waals surface area contributed by atoms with E-state index < -0.39 is 0 Å². The van der Waals surface area contributed by atoms with E-state index in [1.165, 1.54) is 15.3 Å². The van der Waals surface area contributed by atoms with Crippen LogP contribution in [0.15, 0.2) is 30.3 Å². The summed E-state index contributed by atoms with van der Waals surface area (Å²) in [6.07, 6.45) is 0. The third-order valence-corrected chi connectivity index (χ3v) is 4.55. The topological polar surface area (TPSA) is 21.3 Å². The van der Waals surface area contributed by atoms with Crippen molar-refractivity contribution in [1.29, 1.82) is 0 Å². The standard InChI is InChI=1S/C17H22ClNOS/c1-12(2)9-19-10-15-8-14(13(3)21-15)11-20-17-7-5-4-6-16(17)18/h4-8,12,19H,9-11H2,1-3H3. The van der Waals surface area contributed by atoms with Gasteiger partial charge in [0.05, 0.1) is 5.02 Å². The molecule has 0 fully saturated rings. The van der Waals surface area contributed by atoms with Crippen LogP contribution in [-0.2, 0) is 13.2 Å². The van der Waals surface area contributed by atoms with Crippen molar-refractivity contribution in [3.05, 3.63) is 50.7 Å². The molecule has 0 bridgehead atoms. The number of hydrogen-bond donors (Lipinski definition) is 1. The van der Waals surface area contributed by atoms with Crippen LogP contribution in [0.5, 0.6) is 5.75 Å². The van der Waals surface area contributed by atoms with E-state index in [4.69, 9.17) is 16.3 Å². The first kappa shape index (κ1) is 16.3. The molecule has 21 heavy (non-hydrogen) atoms. The summed E-state index contributed by atoms with van der Waals surface area (Å²) in [5.41, 5.74) is 1.24. The zero-order valence-electron chi connectivity index (χ0n) is 12.8. The fourth-order valence-electron chi connectivity index (χ4n) is 2.02.